The van der Waals surface area contributed by atoms with Gasteiger partial charge < -0.3 is 14.2 Å². The van der Waals surface area contributed by atoms with Crippen LogP contribution >= 0.6 is 0 Å². The summed E-state index contributed by atoms with van der Waals surface area (Å²) in [5, 5.41) is 0. The lowest BCUT2D eigenvalue weighted by Crippen LogP contribution is -2.08. The van der Waals surface area contributed by atoms with Crippen molar-refractivity contribution in [2.75, 3.05) is 34.0 Å². The maximum Gasteiger partial charge on any atom is 0.338 e. The Bertz CT molecular complexity index is 401. The van der Waals surface area contributed by atoms with Crippen molar-refractivity contribution in [3.05, 3.63) is 34.9 Å². The highest BCUT2D eigenvalue weighted by Gasteiger charge is 2.10. The number of carbonyl (C=O) groups excluding carboxylic acids is 1. The first-order valence-corrected chi connectivity index (χ1v) is 6.49. The summed E-state index contributed by atoms with van der Waals surface area (Å²) in [6, 6.07) is 5.66. The molecule has 0 aliphatic rings. The molecule has 1 aromatic rings. The Labute approximate surface area is 114 Å². The predicted molar refractivity (Wildman–Crippen MR) is 73.6 cm³/mol. The second kappa shape index (κ2) is 8.67. The third-order valence-corrected chi connectivity index (χ3v) is 2.87. The van der Waals surface area contributed by atoms with E-state index in [2.05, 4.69) is 0 Å². The molecule has 0 fully saturated rings. The Kier molecular flexibility index (Phi) is 7.15. The van der Waals surface area contributed by atoms with E-state index in [1.54, 1.807) is 27.2 Å². The first kappa shape index (κ1) is 15.7. The van der Waals surface area contributed by atoms with Crippen LogP contribution in [0.15, 0.2) is 18.2 Å². The minimum Gasteiger partial charge on any atom is -0.462 e. The van der Waals surface area contributed by atoms with E-state index in [1.165, 1.54) is 5.56 Å². The zero-order valence-electron chi connectivity index (χ0n) is 11.9. The van der Waals surface area contributed by atoms with Gasteiger partial charge in [-0.2, -0.15) is 0 Å². The molecule has 0 spiro atoms. The fourth-order valence-electron chi connectivity index (χ4n) is 1.87. The predicted octanol–water partition coefficient (Wildman–Crippen LogP) is 2.24. The molecule has 0 atom stereocenters. The minimum atomic E-state index is -0.278. The smallest absolute Gasteiger partial charge is 0.338 e. The van der Waals surface area contributed by atoms with E-state index in [-0.39, 0.29) is 5.97 Å². The first-order valence-electron chi connectivity index (χ1n) is 6.49. The molecule has 4 nitrogen and oxygen atoms in total. The van der Waals surface area contributed by atoms with Crippen molar-refractivity contribution in [1.82, 2.24) is 0 Å². The van der Waals surface area contributed by atoms with Crippen molar-refractivity contribution < 1.29 is 19.0 Å². The van der Waals surface area contributed by atoms with E-state index in [4.69, 9.17) is 14.2 Å². The number of methoxy groups -OCH3 is 2. The normalized spacial score (nSPS) is 10.5. The summed E-state index contributed by atoms with van der Waals surface area (Å²) in [7, 11) is 3.35. The fraction of sp³-hybridized carbons (Fsp3) is 0.533. The lowest BCUT2D eigenvalue weighted by atomic mass is 9.99. The van der Waals surface area contributed by atoms with Crippen molar-refractivity contribution in [2.45, 2.75) is 19.8 Å². The van der Waals surface area contributed by atoms with Crippen molar-refractivity contribution in [1.29, 1.82) is 0 Å². The molecule has 0 saturated carbocycles. The van der Waals surface area contributed by atoms with E-state index < -0.39 is 0 Å². The van der Waals surface area contributed by atoms with Gasteiger partial charge in [-0.15, -0.1) is 0 Å². The molecular formula is C15H22O4. The quantitative estimate of drug-likeness (QED) is 0.677. The van der Waals surface area contributed by atoms with E-state index in [9.17, 15) is 4.79 Å². The van der Waals surface area contributed by atoms with Crippen LogP contribution in [0.25, 0.3) is 0 Å². The van der Waals surface area contributed by atoms with Crippen LogP contribution in [0.3, 0.4) is 0 Å². The molecule has 0 unspecified atom stereocenters. The van der Waals surface area contributed by atoms with Gasteiger partial charge in [0.2, 0.25) is 0 Å². The first-order chi connectivity index (χ1) is 9.22. The second-order valence-corrected chi connectivity index (χ2v) is 4.19. The van der Waals surface area contributed by atoms with E-state index in [0.29, 0.717) is 25.4 Å². The molecule has 1 rings (SSSR count). The highest BCUT2D eigenvalue weighted by Crippen LogP contribution is 2.15. The molecule has 0 N–H and O–H groups in total. The van der Waals surface area contributed by atoms with Crippen LogP contribution in [0.2, 0.25) is 0 Å². The second-order valence-electron chi connectivity index (χ2n) is 4.19. The summed E-state index contributed by atoms with van der Waals surface area (Å²) in [5.41, 5.74) is 2.89. The maximum atomic E-state index is 11.7. The van der Waals surface area contributed by atoms with Gasteiger partial charge in [0.15, 0.2) is 0 Å². The number of carbonyl (C=O) groups is 1. The number of benzene rings is 1. The summed E-state index contributed by atoms with van der Waals surface area (Å²) in [6.45, 7) is 3.49. The minimum absolute atomic E-state index is 0.278. The molecule has 0 aliphatic heterocycles. The molecule has 0 aliphatic carbocycles. The molecule has 0 amide bonds. The number of ether oxygens (including phenoxy) is 3. The van der Waals surface area contributed by atoms with Crippen LogP contribution in [0, 0.1) is 0 Å². The Hall–Kier alpha value is -1.39. The fourth-order valence-corrected chi connectivity index (χ4v) is 1.87. The molecule has 0 bridgehead atoms. The molecule has 0 saturated heterocycles. The summed E-state index contributed by atoms with van der Waals surface area (Å²) in [5.74, 6) is -0.278. The van der Waals surface area contributed by atoms with Gasteiger partial charge in [-0.1, -0.05) is 6.07 Å². The van der Waals surface area contributed by atoms with Gasteiger partial charge in [0.25, 0.3) is 0 Å². The number of hydrogen-bond acceptors (Lipinski definition) is 4. The van der Waals surface area contributed by atoms with Crippen molar-refractivity contribution in [3.8, 4) is 0 Å². The number of rotatable bonds is 8. The van der Waals surface area contributed by atoms with Gasteiger partial charge in [0.05, 0.1) is 25.4 Å². The topological polar surface area (TPSA) is 44.8 Å². The van der Waals surface area contributed by atoms with Crippen LogP contribution < -0.4 is 0 Å². The Morgan fingerprint density at radius 1 is 1.05 bits per heavy atom. The average Bonchev–Trinajstić information content (AvgIpc) is 2.43. The standard InChI is InChI=1S/C15H22O4/c1-4-19-15(16)14-6-5-12(7-9-17-2)13(11-14)8-10-18-3/h5-6,11H,4,7-10H2,1-3H3. The van der Waals surface area contributed by atoms with Gasteiger partial charge in [0.1, 0.15) is 0 Å². The molecular weight excluding hydrogens is 244 g/mol. The molecule has 4 heteroatoms. The zero-order valence-corrected chi connectivity index (χ0v) is 11.9. The van der Waals surface area contributed by atoms with Crippen molar-refractivity contribution in [3.63, 3.8) is 0 Å². The Morgan fingerprint density at radius 3 is 2.26 bits per heavy atom. The summed E-state index contributed by atoms with van der Waals surface area (Å²) >= 11 is 0. The molecule has 0 radical (unpaired) electrons. The van der Waals surface area contributed by atoms with Crippen LogP contribution in [0.5, 0.6) is 0 Å². The molecule has 1 aromatic carbocycles. The number of hydrogen-bond donors (Lipinski definition) is 0. The molecule has 0 heterocycles. The van der Waals surface area contributed by atoms with Gasteiger partial charge in [-0.3, -0.25) is 0 Å². The highest BCUT2D eigenvalue weighted by atomic mass is 16.5. The van der Waals surface area contributed by atoms with Crippen LogP contribution in [0.1, 0.15) is 28.4 Å². The van der Waals surface area contributed by atoms with Crippen molar-refractivity contribution >= 4 is 5.97 Å². The number of esters is 1. The van der Waals surface area contributed by atoms with Gasteiger partial charge >= 0.3 is 5.97 Å². The maximum absolute atomic E-state index is 11.7. The molecule has 106 valence electrons. The Balaban J connectivity index is 2.89. The Morgan fingerprint density at radius 2 is 1.68 bits per heavy atom. The van der Waals surface area contributed by atoms with Crippen LogP contribution in [-0.4, -0.2) is 40.0 Å². The monoisotopic (exact) mass is 266 g/mol. The van der Waals surface area contributed by atoms with Gasteiger partial charge in [0, 0.05) is 14.2 Å². The van der Waals surface area contributed by atoms with E-state index in [0.717, 1.165) is 18.4 Å². The zero-order chi connectivity index (χ0) is 14.1. The average molecular weight is 266 g/mol. The molecule has 0 aromatic heterocycles. The largest absolute Gasteiger partial charge is 0.462 e. The summed E-state index contributed by atoms with van der Waals surface area (Å²) < 4.78 is 15.2. The van der Waals surface area contributed by atoms with Crippen molar-refractivity contribution in [2.24, 2.45) is 0 Å². The summed E-state index contributed by atoms with van der Waals surface area (Å²) in [4.78, 5) is 11.7. The van der Waals surface area contributed by atoms with E-state index >= 15 is 0 Å². The van der Waals surface area contributed by atoms with E-state index in [1.807, 2.05) is 12.1 Å². The highest BCUT2D eigenvalue weighted by molar-refractivity contribution is 5.89. The van der Waals surface area contributed by atoms with Gasteiger partial charge in [-0.25, -0.2) is 4.79 Å². The van der Waals surface area contributed by atoms with Crippen LogP contribution in [0.4, 0.5) is 0 Å². The lowest BCUT2D eigenvalue weighted by molar-refractivity contribution is 0.0526. The summed E-state index contributed by atoms with van der Waals surface area (Å²) in [6.07, 6.45) is 1.61. The SMILES string of the molecule is CCOC(=O)c1ccc(CCOC)c(CCOC)c1. The third-order valence-electron chi connectivity index (χ3n) is 2.87. The lowest BCUT2D eigenvalue weighted by Gasteiger charge is -2.11. The third kappa shape index (κ3) is 5.01. The molecule has 19 heavy (non-hydrogen) atoms. The van der Waals surface area contributed by atoms with Crippen LogP contribution in [-0.2, 0) is 27.1 Å². The van der Waals surface area contributed by atoms with Gasteiger partial charge in [-0.05, 0) is 43.0 Å².